The quantitative estimate of drug-likeness (QED) is 0.475. The van der Waals surface area contributed by atoms with E-state index in [4.69, 9.17) is 9.47 Å². The molecule has 3 heteroatoms. The van der Waals surface area contributed by atoms with Crippen LogP contribution in [-0.4, -0.2) is 25.3 Å². The Morgan fingerprint density at radius 1 is 1.08 bits per heavy atom. The molecule has 0 unspecified atom stereocenters. The molecule has 1 N–H and O–H groups in total. The first kappa shape index (κ1) is 11.9. The van der Waals surface area contributed by atoms with Gasteiger partial charge in [0.25, 0.3) is 5.97 Å². The maximum absolute atomic E-state index is 9.48. The van der Waals surface area contributed by atoms with Gasteiger partial charge in [-0.3, -0.25) is 0 Å². The molecule has 0 saturated heterocycles. The Hall–Kier alpha value is -0.120. The van der Waals surface area contributed by atoms with Crippen LogP contribution < -0.4 is 0 Å². The molecule has 0 aliphatic rings. The van der Waals surface area contributed by atoms with Crippen LogP contribution in [0.1, 0.15) is 39.0 Å². The van der Waals surface area contributed by atoms with Gasteiger partial charge in [-0.25, -0.2) is 0 Å². The molecule has 12 heavy (non-hydrogen) atoms. The van der Waals surface area contributed by atoms with Gasteiger partial charge in [-0.2, -0.15) is 0 Å². The van der Waals surface area contributed by atoms with Crippen LogP contribution in [0.3, 0.4) is 0 Å². The van der Waals surface area contributed by atoms with E-state index in [-0.39, 0.29) is 0 Å². The highest BCUT2D eigenvalue weighted by molar-refractivity contribution is 4.53. The Bertz CT molecular complexity index is 99.9. The second-order valence-corrected chi connectivity index (χ2v) is 2.93. The van der Waals surface area contributed by atoms with E-state index in [1.807, 2.05) is 0 Å². The molecule has 0 amide bonds. The van der Waals surface area contributed by atoms with Crippen molar-refractivity contribution >= 4 is 0 Å². The highest BCUT2D eigenvalue weighted by atomic mass is 16.8. The minimum absolute atomic E-state index is 0.542. The molecule has 0 aromatic rings. The highest BCUT2D eigenvalue weighted by Gasteiger charge is 2.24. The van der Waals surface area contributed by atoms with Crippen molar-refractivity contribution < 1.29 is 14.6 Å². The standard InChI is InChI=1S/C9H20O3/c1-4-5-6-7-8-9(10,11-2)12-3/h10H,4-8H2,1-3H3. The van der Waals surface area contributed by atoms with Gasteiger partial charge in [0.05, 0.1) is 0 Å². The minimum Gasteiger partial charge on any atom is -0.343 e. The van der Waals surface area contributed by atoms with Gasteiger partial charge in [0.15, 0.2) is 0 Å². The fourth-order valence-electron chi connectivity index (χ4n) is 1.06. The average molecular weight is 176 g/mol. The van der Waals surface area contributed by atoms with Gasteiger partial charge >= 0.3 is 0 Å². The zero-order valence-electron chi connectivity index (χ0n) is 8.30. The van der Waals surface area contributed by atoms with Gasteiger partial charge in [0.1, 0.15) is 0 Å². The zero-order chi connectivity index (χ0) is 9.45. The lowest BCUT2D eigenvalue weighted by Gasteiger charge is -2.23. The first-order chi connectivity index (χ1) is 5.68. The van der Waals surface area contributed by atoms with Gasteiger partial charge in [-0.1, -0.05) is 26.2 Å². The second kappa shape index (κ2) is 6.40. The normalized spacial score (nSPS) is 12.0. The minimum atomic E-state index is -1.37. The van der Waals surface area contributed by atoms with E-state index in [1.165, 1.54) is 27.1 Å². The predicted octanol–water partition coefficient (Wildman–Crippen LogP) is 1.90. The van der Waals surface area contributed by atoms with Crippen molar-refractivity contribution in [2.24, 2.45) is 0 Å². The summed E-state index contributed by atoms with van der Waals surface area (Å²) in [7, 11) is 2.90. The summed E-state index contributed by atoms with van der Waals surface area (Å²) < 4.78 is 9.60. The van der Waals surface area contributed by atoms with E-state index in [0.29, 0.717) is 6.42 Å². The topological polar surface area (TPSA) is 38.7 Å². The Morgan fingerprint density at radius 3 is 2.08 bits per heavy atom. The van der Waals surface area contributed by atoms with Crippen LogP contribution in [0.5, 0.6) is 0 Å². The maximum Gasteiger partial charge on any atom is 0.279 e. The van der Waals surface area contributed by atoms with Gasteiger partial charge < -0.3 is 14.6 Å². The second-order valence-electron chi connectivity index (χ2n) is 2.93. The SMILES string of the molecule is CCCCCCC(O)(OC)OC. The van der Waals surface area contributed by atoms with Crippen molar-refractivity contribution in [3.63, 3.8) is 0 Å². The summed E-state index contributed by atoms with van der Waals surface area (Å²) in [5, 5.41) is 9.48. The monoisotopic (exact) mass is 176 g/mol. The van der Waals surface area contributed by atoms with Crippen molar-refractivity contribution in [2.75, 3.05) is 14.2 Å². The van der Waals surface area contributed by atoms with Crippen LogP contribution in [0.4, 0.5) is 0 Å². The van der Waals surface area contributed by atoms with Gasteiger partial charge in [0.2, 0.25) is 0 Å². The van der Waals surface area contributed by atoms with E-state index < -0.39 is 5.97 Å². The summed E-state index contributed by atoms with van der Waals surface area (Å²) in [6.45, 7) is 2.15. The molecule has 0 aromatic carbocycles. The van der Waals surface area contributed by atoms with Crippen molar-refractivity contribution in [3.8, 4) is 0 Å². The number of rotatable bonds is 7. The summed E-state index contributed by atoms with van der Waals surface area (Å²) in [5.74, 6) is -1.37. The van der Waals surface area contributed by atoms with E-state index in [2.05, 4.69) is 6.92 Å². The molecule has 0 aliphatic carbocycles. The summed E-state index contributed by atoms with van der Waals surface area (Å²) in [6, 6.07) is 0. The van der Waals surface area contributed by atoms with Crippen LogP contribution in [0.25, 0.3) is 0 Å². The van der Waals surface area contributed by atoms with E-state index in [9.17, 15) is 5.11 Å². The molecular formula is C9H20O3. The first-order valence-electron chi connectivity index (χ1n) is 4.51. The lowest BCUT2D eigenvalue weighted by Crippen LogP contribution is -2.32. The van der Waals surface area contributed by atoms with E-state index >= 15 is 0 Å². The molecule has 0 radical (unpaired) electrons. The summed E-state index contributed by atoms with van der Waals surface area (Å²) in [5.41, 5.74) is 0. The third-order valence-corrected chi connectivity index (χ3v) is 1.98. The maximum atomic E-state index is 9.48. The first-order valence-corrected chi connectivity index (χ1v) is 4.51. The predicted molar refractivity (Wildman–Crippen MR) is 47.7 cm³/mol. The summed E-state index contributed by atoms with van der Waals surface area (Å²) >= 11 is 0. The van der Waals surface area contributed by atoms with Gasteiger partial charge in [0, 0.05) is 20.6 Å². The molecule has 0 aromatic heterocycles. The summed E-state index contributed by atoms with van der Waals surface area (Å²) in [6.07, 6.45) is 4.99. The van der Waals surface area contributed by atoms with E-state index in [0.717, 1.165) is 12.8 Å². The molecular weight excluding hydrogens is 156 g/mol. The zero-order valence-corrected chi connectivity index (χ0v) is 8.30. The van der Waals surface area contributed by atoms with Gasteiger partial charge in [-0.05, 0) is 6.42 Å². The third kappa shape index (κ3) is 4.70. The highest BCUT2D eigenvalue weighted by Crippen LogP contribution is 2.16. The average Bonchev–Trinajstić information content (AvgIpc) is 2.12. The molecule has 0 fully saturated rings. The van der Waals surface area contributed by atoms with Crippen LogP contribution in [-0.2, 0) is 9.47 Å². The fraction of sp³-hybridized carbons (Fsp3) is 1.00. The Morgan fingerprint density at radius 2 is 1.67 bits per heavy atom. The lowest BCUT2D eigenvalue weighted by atomic mass is 10.1. The molecule has 3 nitrogen and oxygen atoms in total. The largest absolute Gasteiger partial charge is 0.343 e. The van der Waals surface area contributed by atoms with Gasteiger partial charge in [-0.15, -0.1) is 0 Å². The fourth-order valence-corrected chi connectivity index (χ4v) is 1.06. The molecule has 0 rings (SSSR count). The Balaban J connectivity index is 3.45. The number of aliphatic hydroxyl groups is 1. The molecule has 0 heterocycles. The van der Waals surface area contributed by atoms with Crippen LogP contribution >= 0.6 is 0 Å². The smallest absolute Gasteiger partial charge is 0.279 e. The lowest BCUT2D eigenvalue weighted by molar-refractivity contribution is -0.342. The third-order valence-electron chi connectivity index (χ3n) is 1.98. The molecule has 74 valence electrons. The Kier molecular flexibility index (Phi) is 6.34. The van der Waals surface area contributed by atoms with Crippen molar-refractivity contribution in [3.05, 3.63) is 0 Å². The van der Waals surface area contributed by atoms with Crippen LogP contribution in [0.2, 0.25) is 0 Å². The summed E-state index contributed by atoms with van der Waals surface area (Å²) in [4.78, 5) is 0. The van der Waals surface area contributed by atoms with Crippen LogP contribution in [0, 0.1) is 0 Å². The number of ether oxygens (including phenoxy) is 2. The van der Waals surface area contributed by atoms with Crippen molar-refractivity contribution in [2.45, 2.75) is 45.0 Å². The number of hydrogen-bond acceptors (Lipinski definition) is 3. The molecule has 0 saturated carbocycles. The molecule has 0 bridgehead atoms. The van der Waals surface area contributed by atoms with Crippen LogP contribution in [0.15, 0.2) is 0 Å². The number of methoxy groups -OCH3 is 2. The van der Waals surface area contributed by atoms with E-state index in [1.54, 1.807) is 0 Å². The Labute approximate surface area is 74.7 Å². The molecule has 0 aliphatic heterocycles. The number of unbranched alkanes of at least 4 members (excludes halogenated alkanes) is 3. The number of hydrogen-bond donors (Lipinski definition) is 1. The van der Waals surface area contributed by atoms with Crippen molar-refractivity contribution in [1.82, 2.24) is 0 Å². The molecule has 0 atom stereocenters. The van der Waals surface area contributed by atoms with Crippen molar-refractivity contribution in [1.29, 1.82) is 0 Å². The molecule has 0 spiro atoms.